The zero-order valence-corrected chi connectivity index (χ0v) is 18.3. The fourth-order valence-corrected chi connectivity index (χ4v) is 5.11. The van der Waals surface area contributed by atoms with Gasteiger partial charge in [-0.25, -0.2) is 4.98 Å². The van der Waals surface area contributed by atoms with Gasteiger partial charge in [0.15, 0.2) is 5.13 Å². The Balaban J connectivity index is 1.35. The molecule has 1 aliphatic heterocycles. The lowest BCUT2D eigenvalue weighted by atomic mass is 9.97. The number of anilines is 1. The van der Waals surface area contributed by atoms with E-state index in [2.05, 4.69) is 10.3 Å². The molecule has 2 amide bonds. The number of methoxy groups -OCH3 is 1. The molecule has 6 nitrogen and oxygen atoms in total. The molecule has 1 fully saturated rings. The van der Waals surface area contributed by atoms with E-state index in [0.717, 1.165) is 40.3 Å². The second kappa shape index (κ2) is 9.40. The third-order valence-corrected chi connectivity index (χ3v) is 6.88. The van der Waals surface area contributed by atoms with Crippen LogP contribution in [0.3, 0.4) is 0 Å². The van der Waals surface area contributed by atoms with E-state index in [1.54, 1.807) is 18.2 Å². The number of aromatic nitrogens is 1. The van der Waals surface area contributed by atoms with E-state index in [4.69, 9.17) is 4.74 Å². The van der Waals surface area contributed by atoms with Gasteiger partial charge in [-0.1, -0.05) is 18.2 Å². The molecular formula is C22H23N3O3S2. The highest BCUT2D eigenvalue weighted by molar-refractivity contribution is 7.15. The molecule has 8 heteroatoms. The van der Waals surface area contributed by atoms with Crippen molar-refractivity contribution in [2.45, 2.75) is 19.3 Å². The number of nitrogens with zero attached hydrogens (tertiary/aromatic N) is 2. The molecule has 0 bridgehead atoms. The third kappa shape index (κ3) is 4.88. The van der Waals surface area contributed by atoms with Crippen LogP contribution in [0, 0.1) is 5.92 Å². The molecule has 0 aliphatic carbocycles. The monoisotopic (exact) mass is 441 g/mol. The first-order valence-electron chi connectivity index (χ1n) is 9.83. The number of rotatable bonds is 6. The van der Waals surface area contributed by atoms with Crippen molar-refractivity contribution in [1.29, 1.82) is 0 Å². The Labute approximate surface area is 183 Å². The number of ether oxygens (including phenoxy) is 1. The van der Waals surface area contributed by atoms with Crippen LogP contribution < -0.4 is 10.1 Å². The average Bonchev–Trinajstić information content (AvgIpc) is 3.46. The van der Waals surface area contributed by atoms with Crippen LogP contribution in [0.15, 0.2) is 48.0 Å². The van der Waals surface area contributed by atoms with E-state index in [0.29, 0.717) is 18.2 Å². The van der Waals surface area contributed by atoms with Gasteiger partial charge in [-0.05, 0) is 42.0 Å². The zero-order chi connectivity index (χ0) is 20.9. The second-order valence-corrected chi connectivity index (χ2v) is 9.28. The van der Waals surface area contributed by atoms with Gasteiger partial charge < -0.3 is 15.0 Å². The number of thiazole rings is 1. The van der Waals surface area contributed by atoms with Crippen molar-refractivity contribution >= 4 is 39.6 Å². The quantitative estimate of drug-likeness (QED) is 0.619. The van der Waals surface area contributed by atoms with Crippen LogP contribution in [-0.4, -0.2) is 41.9 Å². The zero-order valence-electron chi connectivity index (χ0n) is 16.7. The van der Waals surface area contributed by atoms with Gasteiger partial charge in [0.05, 0.1) is 17.9 Å². The molecule has 1 atom stereocenters. The number of carbonyl (C=O) groups excluding carboxylic acids is 2. The highest BCUT2D eigenvalue weighted by atomic mass is 32.1. The van der Waals surface area contributed by atoms with Crippen LogP contribution >= 0.6 is 22.7 Å². The van der Waals surface area contributed by atoms with Gasteiger partial charge in [0.1, 0.15) is 5.75 Å². The van der Waals surface area contributed by atoms with Gasteiger partial charge in [-0.2, -0.15) is 0 Å². The van der Waals surface area contributed by atoms with Gasteiger partial charge in [-0.3, -0.25) is 9.59 Å². The number of benzene rings is 1. The smallest absolute Gasteiger partial charge is 0.263 e. The van der Waals surface area contributed by atoms with Gasteiger partial charge in [0, 0.05) is 30.6 Å². The number of likely N-dealkylation sites (tertiary alicyclic amines) is 1. The molecule has 3 aromatic rings. The van der Waals surface area contributed by atoms with E-state index < -0.39 is 0 Å². The lowest BCUT2D eigenvalue weighted by molar-refractivity contribution is -0.121. The Morgan fingerprint density at radius 2 is 2.20 bits per heavy atom. The Morgan fingerprint density at radius 1 is 1.30 bits per heavy atom. The number of hydrogen-bond donors (Lipinski definition) is 1. The minimum absolute atomic E-state index is 0.0114. The molecule has 1 unspecified atom stereocenters. The summed E-state index contributed by atoms with van der Waals surface area (Å²) < 4.78 is 5.27. The first kappa shape index (κ1) is 20.6. The summed E-state index contributed by atoms with van der Waals surface area (Å²) in [5.41, 5.74) is 1.13. The molecule has 156 valence electrons. The van der Waals surface area contributed by atoms with Gasteiger partial charge in [0.25, 0.3) is 5.91 Å². The normalized spacial score (nSPS) is 16.3. The molecule has 3 heterocycles. The predicted octanol–water partition coefficient (Wildman–Crippen LogP) is 4.29. The lowest BCUT2D eigenvalue weighted by Gasteiger charge is -2.31. The predicted molar refractivity (Wildman–Crippen MR) is 119 cm³/mol. The summed E-state index contributed by atoms with van der Waals surface area (Å²) >= 11 is 2.91. The lowest BCUT2D eigenvalue weighted by Crippen LogP contribution is -2.43. The third-order valence-electron chi connectivity index (χ3n) is 5.11. The van der Waals surface area contributed by atoms with Gasteiger partial charge in [-0.15, -0.1) is 22.7 Å². The molecular weight excluding hydrogens is 418 g/mol. The first-order valence-corrected chi connectivity index (χ1v) is 11.5. The summed E-state index contributed by atoms with van der Waals surface area (Å²) in [6.45, 7) is 1.15. The Hall–Kier alpha value is -2.71. The SMILES string of the molecule is COc1cccc(Cc2cnc(NC(=O)C3CCCN(C(=O)c4cccs4)C3)s2)c1. The van der Waals surface area contributed by atoms with E-state index in [9.17, 15) is 9.59 Å². The van der Waals surface area contributed by atoms with E-state index in [-0.39, 0.29) is 17.7 Å². The van der Waals surface area contributed by atoms with Crippen LogP contribution in [0.4, 0.5) is 5.13 Å². The molecule has 1 saturated heterocycles. The highest BCUT2D eigenvalue weighted by Crippen LogP contribution is 2.25. The summed E-state index contributed by atoms with van der Waals surface area (Å²) in [4.78, 5) is 33.3. The minimum atomic E-state index is -0.214. The Kier molecular flexibility index (Phi) is 6.44. The fourth-order valence-electron chi connectivity index (χ4n) is 3.57. The van der Waals surface area contributed by atoms with Crippen molar-refractivity contribution in [3.8, 4) is 5.75 Å². The fraction of sp³-hybridized carbons (Fsp3) is 0.318. The van der Waals surface area contributed by atoms with E-state index in [1.165, 1.54) is 22.7 Å². The summed E-state index contributed by atoms with van der Waals surface area (Å²) in [7, 11) is 1.65. The number of hydrogen-bond acceptors (Lipinski definition) is 6. The maximum absolute atomic E-state index is 12.8. The summed E-state index contributed by atoms with van der Waals surface area (Å²) in [5, 5.41) is 5.44. The Bertz CT molecular complexity index is 1020. The summed E-state index contributed by atoms with van der Waals surface area (Å²) in [6, 6.07) is 11.6. The minimum Gasteiger partial charge on any atom is -0.497 e. The average molecular weight is 442 g/mol. The van der Waals surface area contributed by atoms with E-state index in [1.807, 2.05) is 41.8 Å². The standard InChI is InChI=1S/C22H23N3O3S2/c1-28-17-7-2-5-15(11-17)12-18-13-23-22(30-18)24-20(26)16-6-3-9-25(14-16)21(27)19-8-4-10-29-19/h2,4-5,7-8,10-11,13,16H,3,6,9,12,14H2,1H3,(H,23,24,26). The molecule has 0 radical (unpaired) electrons. The topological polar surface area (TPSA) is 71.5 Å². The number of amides is 2. The van der Waals surface area contributed by atoms with Crippen molar-refractivity contribution in [3.63, 3.8) is 0 Å². The van der Waals surface area contributed by atoms with Crippen molar-refractivity contribution in [2.75, 3.05) is 25.5 Å². The van der Waals surface area contributed by atoms with Gasteiger partial charge in [0.2, 0.25) is 5.91 Å². The molecule has 1 N–H and O–H groups in total. The second-order valence-electron chi connectivity index (χ2n) is 7.22. The van der Waals surface area contributed by atoms with Crippen molar-refractivity contribution in [1.82, 2.24) is 9.88 Å². The summed E-state index contributed by atoms with van der Waals surface area (Å²) in [6.07, 6.45) is 4.14. The van der Waals surface area contributed by atoms with Crippen LogP contribution in [0.5, 0.6) is 5.75 Å². The Morgan fingerprint density at radius 3 is 3.00 bits per heavy atom. The number of piperidine rings is 1. The highest BCUT2D eigenvalue weighted by Gasteiger charge is 2.29. The molecule has 1 aliphatic rings. The van der Waals surface area contributed by atoms with Crippen molar-refractivity contribution in [2.24, 2.45) is 5.92 Å². The maximum Gasteiger partial charge on any atom is 0.263 e. The molecule has 0 spiro atoms. The molecule has 30 heavy (non-hydrogen) atoms. The summed E-state index contributed by atoms with van der Waals surface area (Å²) in [5.74, 6) is 0.552. The molecule has 4 rings (SSSR count). The van der Waals surface area contributed by atoms with Crippen LogP contribution in [0.1, 0.15) is 33.0 Å². The van der Waals surface area contributed by atoms with Crippen molar-refractivity contribution < 1.29 is 14.3 Å². The van der Waals surface area contributed by atoms with E-state index >= 15 is 0 Å². The first-order chi connectivity index (χ1) is 14.6. The largest absolute Gasteiger partial charge is 0.497 e. The number of carbonyl (C=O) groups is 2. The molecule has 1 aromatic carbocycles. The van der Waals surface area contributed by atoms with Crippen molar-refractivity contribution in [3.05, 3.63) is 63.3 Å². The maximum atomic E-state index is 12.8. The van der Waals surface area contributed by atoms with Crippen LogP contribution in [-0.2, 0) is 11.2 Å². The van der Waals surface area contributed by atoms with Gasteiger partial charge >= 0.3 is 0 Å². The van der Waals surface area contributed by atoms with Crippen LogP contribution in [0.25, 0.3) is 0 Å². The molecule has 0 saturated carbocycles. The van der Waals surface area contributed by atoms with Crippen LogP contribution in [0.2, 0.25) is 0 Å². The number of thiophene rings is 1. The molecule has 2 aromatic heterocycles. The number of nitrogens with one attached hydrogen (secondary N) is 1.